The highest BCUT2D eigenvalue weighted by Gasteiger charge is 2.07. The van der Waals surface area contributed by atoms with Crippen LogP contribution in [0, 0.1) is 6.92 Å². The minimum atomic E-state index is -0.128. The number of rotatable bonds is 1. The summed E-state index contributed by atoms with van der Waals surface area (Å²) in [5.41, 5.74) is 2.13. The van der Waals surface area contributed by atoms with Gasteiger partial charge in [-0.1, -0.05) is 13.8 Å². The van der Waals surface area contributed by atoms with Crippen LogP contribution in [0.2, 0.25) is 0 Å². The second kappa shape index (κ2) is 2.97. The Morgan fingerprint density at radius 1 is 1.43 bits per heavy atom. The normalized spacial score (nSPS) is 11.4. The number of nitrogens with zero attached hydrogens (tertiary/aromatic N) is 2. The summed E-state index contributed by atoms with van der Waals surface area (Å²) >= 11 is 0. The number of aromatic nitrogens is 3. The second-order valence-electron chi connectivity index (χ2n) is 3.82. The van der Waals surface area contributed by atoms with Gasteiger partial charge in [0.1, 0.15) is 0 Å². The number of imidazole rings is 1. The van der Waals surface area contributed by atoms with Crippen LogP contribution >= 0.6 is 0 Å². The molecule has 0 aliphatic rings. The third kappa shape index (κ3) is 1.32. The second-order valence-corrected chi connectivity index (χ2v) is 3.82. The van der Waals surface area contributed by atoms with Crippen LogP contribution in [0.4, 0.5) is 0 Å². The van der Waals surface area contributed by atoms with Crippen LogP contribution in [0.1, 0.15) is 31.2 Å². The van der Waals surface area contributed by atoms with Gasteiger partial charge < -0.3 is 9.38 Å². The van der Waals surface area contributed by atoms with Crippen molar-refractivity contribution in [3.63, 3.8) is 0 Å². The molecule has 2 aromatic rings. The SMILES string of the molecule is Cc1cn2cc(C(C)C)nc2c(=O)[nH]1. The maximum atomic E-state index is 11.5. The molecule has 0 fully saturated rings. The molecule has 0 radical (unpaired) electrons. The van der Waals surface area contributed by atoms with Crippen molar-refractivity contribution in [2.75, 3.05) is 0 Å². The van der Waals surface area contributed by atoms with Crippen LogP contribution in [-0.2, 0) is 0 Å². The van der Waals surface area contributed by atoms with E-state index in [0.717, 1.165) is 11.4 Å². The first-order chi connectivity index (χ1) is 6.58. The number of H-pyrrole nitrogens is 1. The van der Waals surface area contributed by atoms with E-state index < -0.39 is 0 Å². The Kier molecular flexibility index (Phi) is 1.91. The molecule has 0 saturated carbocycles. The number of hydrogen-bond acceptors (Lipinski definition) is 2. The van der Waals surface area contributed by atoms with Gasteiger partial charge in [0.05, 0.1) is 5.69 Å². The maximum absolute atomic E-state index is 11.5. The Bertz CT molecular complexity index is 522. The summed E-state index contributed by atoms with van der Waals surface area (Å²) in [5, 5.41) is 0. The summed E-state index contributed by atoms with van der Waals surface area (Å²) in [4.78, 5) is 18.5. The zero-order valence-electron chi connectivity index (χ0n) is 8.53. The molecule has 0 aromatic carbocycles. The van der Waals surface area contributed by atoms with E-state index in [1.54, 1.807) is 4.40 Å². The summed E-state index contributed by atoms with van der Waals surface area (Å²) in [5.74, 6) is 0.342. The minimum Gasteiger partial charge on any atom is -0.322 e. The Morgan fingerprint density at radius 3 is 2.79 bits per heavy atom. The minimum absolute atomic E-state index is 0.128. The molecule has 0 saturated heterocycles. The van der Waals surface area contributed by atoms with Gasteiger partial charge in [-0.3, -0.25) is 4.79 Å². The Balaban J connectivity index is 2.77. The first-order valence-corrected chi connectivity index (χ1v) is 4.66. The highest BCUT2D eigenvalue weighted by atomic mass is 16.1. The third-order valence-electron chi connectivity index (χ3n) is 2.19. The molecule has 0 amide bonds. The number of hydrogen-bond donors (Lipinski definition) is 1. The molecular formula is C10H13N3O. The van der Waals surface area contributed by atoms with E-state index in [4.69, 9.17) is 0 Å². The van der Waals surface area contributed by atoms with Gasteiger partial charge in [0.15, 0.2) is 0 Å². The molecule has 0 aliphatic heterocycles. The average molecular weight is 191 g/mol. The van der Waals surface area contributed by atoms with Crippen molar-refractivity contribution in [3.05, 3.63) is 34.1 Å². The van der Waals surface area contributed by atoms with Gasteiger partial charge >= 0.3 is 0 Å². The molecule has 2 rings (SSSR count). The van der Waals surface area contributed by atoms with E-state index in [0.29, 0.717) is 11.6 Å². The molecule has 4 nitrogen and oxygen atoms in total. The molecule has 1 N–H and O–H groups in total. The quantitative estimate of drug-likeness (QED) is 0.741. The van der Waals surface area contributed by atoms with Gasteiger partial charge in [0.25, 0.3) is 5.56 Å². The predicted octanol–water partition coefficient (Wildman–Crippen LogP) is 1.45. The van der Waals surface area contributed by atoms with Gasteiger partial charge in [0.2, 0.25) is 5.65 Å². The van der Waals surface area contributed by atoms with Gasteiger partial charge in [-0.2, -0.15) is 0 Å². The zero-order chi connectivity index (χ0) is 10.3. The largest absolute Gasteiger partial charge is 0.322 e. The lowest BCUT2D eigenvalue weighted by Crippen LogP contribution is -2.10. The van der Waals surface area contributed by atoms with Crippen molar-refractivity contribution < 1.29 is 0 Å². The molecule has 0 atom stereocenters. The molecule has 74 valence electrons. The highest BCUT2D eigenvalue weighted by Crippen LogP contribution is 2.12. The van der Waals surface area contributed by atoms with E-state index in [-0.39, 0.29) is 5.56 Å². The van der Waals surface area contributed by atoms with Crippen molar-refractivity contribution in [2.24, 2.45) is 0 Å². The Hall–Kier alpha value is -1.58. The first kappa shape index (κ1) is 8.99. The lowest BCUT2D eigenvalue weighted by molar-refractivity contribution is 0.834. The van der Waals surface area contributed by atoms with E-state index in [2.05, 4.69) is 23.8 Å². The van der Waals surface area contributed by atoms with Gasteiger partial charge in [0, 0.05) is 18.1 Å². The fourth-order valence-electron chi connectivity index (χ4n) is 1.43. The van der Waals surface area contributed by atoms with Crippen LogP contribution in [-0.4, -0.2) is 14.4 Å². The summed E-state index contributed by atoms with van der Waals surface area (Å²) < 4.78 is 1.78. The van der Waals surface area contributed by atoms with Crippen LogP contribution in [0.25, 0.3) is 5.65 Å². The summed E-state index contributed by atoms with van der Waals surface area (Å²) in [6.45, 7) is 5.97. The monoisotopic (exact) mass is 191 g/mol. The fourth-order valence-corrected chi connectivity index (χ4v) is 1.43. The number of nitrogens with one attached hydrogen (secondary N) is 1. The third-order valence-corrected chi connectivity index (χ3v) is 2.19. The van der Waals surface area contributed by atoms with Crippen molar-refractivity contribution in [1.82, 2.24) is 14.4 Å². The number of aryl methyl sites for hydroxylation is 1. The lowest BCUT2D eigenvalue weighted by atomic mass is 10.2. The van der Waals surface area contributed by atoms with Crippen LogP contribution in [0.3, 0.4) is 0 Å². The molecule has 14 heavy (non-hydrogen) atoms. The van der Waals surface area contributed by atoms with Crippen molar-refractivity contribution >= 4 is 5.65 Å². The molecule has 0 bridgehead atoms. The van der Waals surface area contributed by atoms with Crippen LogP contribution in [0.15, 0.2) is 17.2 Å². The highest BCUT2D eigenvalue weighted by molar-refractivity contribution is 5.38. The standard InChI is InChI=1S/C10H13N3O/c1-6(2)8-5-13-4-7(3)11-10(14)9(13)12-8/h4-6H,1-3H3,(H,11,14). The molecular weight excluding hydrogens is 178 g/mol. The predicted molar refractivity (Wildman–Crippen MR) is 54.6 cm³/mol. The van der Waals surface area contributed by atoms with E-state index in [1.807, 2.05) is 19.3 Å². The van der Waals surface area contributed by atoms with Crippen molar-refractivity contribution in [2.45, 2.75) is 26.7 Å². The van der Waals surface area contributed by atoms with Gasteiger partial charge in [-0.15, -0.1) is 0 Å². The fraction of sp³-hybridized carbons (Fsp3) is 0.400. The van der Waals surface area contributed by atoms with Crippen molar-refractivity contribution in [1.29, 1.82) is 0 Å². The summed E-state index contributed by atoms with van der Waals surface area (Å²) in [6.07, 6.45) is 3.78. The topological polar surface area (TPSA) is 50.2 Å². The maximum Gasteiger partial charge on any atom is 0.291 e. The van der Waals surface area contributed by atoms with Gasteiger partial charge in [-0.05, 0) is 12.8 Å². The van der Waals surface area contributed by atoms with Gasteiger partial charge in [-0.25, -0.2) is 4.98 Å². The zero-order valence-corrected chi connectivity index (χ0v) is 8.53. The molecule has 0 unspecified atom stereocenters. The molecule has 0 aliphatic carbocycles. The molecule has 2 aromatic heterocycles. The molecule has 4 heteroatoms. The van der Waals surface area contributed by atoms with E-state index >= 15 is 0 Å². The summed E-state index contributed by atoms with van der Waals surface area (Å²) in [6, 6.07) is 0. The number of fused-ring (bicyclic) bond motifs is 1. The van der Waals surface area contributed by atoms with Crippen LogP contribution in [0.5, 0.6) is 0 Å². The van der Waals surface area contributed by atoms with Crippen molar-refractivity contribution in [3.8, 4) is 0 Å². The Labute approximate surface area is 81.6 Å². The van der Waals surface area contributed by atoms with E-state index in [1.165, 1.54) is 0 Å². The van der Waals surface area contributed by atoms with E-state index in [9.17, 15) is 4.79 Å². The first-order valence-electron chi connectivity index (χ1n) is 4.66. The average Bonchev–Trinajstić information content (AvgIpc) is 2.47. The van der Waals surface area contributed by atoms with Crippen LogP contribution < -0.4 is 5.56 Å². The smallest absolute Gasteiger partial charge is 0.291 e. The molecule has 0 spiro atoms. The summed E-state index contributed by atoms with van der Waals surface area (Å²) in [7, 11) is 0. The molecule has 2 heterocycles. The number of aromatic amines is 1. The lowest BCUT2D eigenvalue weighted by Gasteiger charge is -1.94. The Morgan fingerprint density at radius 2 is 2.14 bits per heavy atom.